The number of rotatable bonds is 0. The molecule has 1 rings (SSSR count). The van der Waals surface area contributed by atoms with E-state index in [9.17, 15) is 0 Å². The van der Waals surface area contributed by atoms with Crippen LogP contribution in [0.25, 0.3) is 0 Å². The Morgan fingerprint density at radius 3 is 2.38 bits per heavy atom. The van der Waals surface area contributed by atoms with Crippen molar-refractivity contribution < 1.29 is 4.74 Å². The highest BCUT2D eigenvalue weighted by molar-refractivity contribution is 7.99. The minimum atomic E-state index is 0.729. The van der Waals surface area contributed by atoms with E-state index in [-0.39, 0.29) is 0 Å². The fourth-order valence-corrected chi connectivity index (χ4v) is 0.840. The molecule has 0 aromatic carbocycles. The summed E-state index contributed by atoms with van der Waals surface area (Å²) in [6.07, 6.45) is 0. The summed E-state index contributed by atoms with van der Waals surface area (Å²) in [4.78, 5) is 0. The van der Waals surface area contributed by atoms with Gasteiger partial charge in [-0.05, 0) is 0 Å². The van der Waals surface area contributed by atoms with Crippen LogP contribution in [0.15, 0.2) is 0 Å². The predicted octanol–water partition coefficient (Wildman–Crippen LogP) is 1.24. The Hall–Kier alpha value is 0.270. The van der Waals surface area contributed by atoms with Crippen molar-refractivity contribution in [3.05, 3.63) is 0 Å². The first kappa shape index (κ1) is 8.27. The molecule has 0 bridgehead atoms. The van der Waals surface area contributed by atoms with Gasteiger partial charge in [-0.1, -0.05) is 13.8 Å². The lowest BCUT2D eigenvalue weighted by Gasteiger charge is -2.10. The molecule has 0 aromatic rings. The fraction of sp³-hybridized carbons (Fsp3) is 1.00. The highest BCUT2D eigenvalue weighted by Gasteiger charge is 1.93. The molecule has 0 aliphatic carbocycles. The summed E-state index contributed by atoms with van der Waals surface area (Å²) in [5.74, 6) is 1.90. The Bertz CT molecular complexity index is 27.9. The van der Waals surface area contributed by atoms with Gasteiger partial charge in [-0.15, -0.1) is 11.8 Å². The van der Waals surface area contributed by atoms with Gasteiger partial charge in [0, 0.05) is 5.88 Å². The van der Waals surface area contributed by atoms with Gasteiger partial charge in [0.2, 0.25) is 0 Å². The molecule has 1 heterocycles. The summed E-state index contributed by atoms with van der Waals surface area (Å²) < 4.78 is 4.92. The maximum absolute atomic E-state index is 4.92. The van der Waals surface area contributed by atoms with Gasteiger partial charge >= 0.3 is 0 Å². The van der Waals surface area contributed by atoms with E-state index in [0.29, 0.717) is 0 Å². The van der Waals surface area contributed by atoms with E-state index in [0.717, 1.165) is 18.5 Å². The third-order valence-electron chi connectivity index (χ3n) is 0.575. The van der Waals surface area contributed by atoms with Crippen LogP contribution in [0.3, 0.4) is 0 Å². The SMILES string of the molecule is C1NCSCO1.CC. The van der Waals surface area contributed by atoms with Crippen LogP contribution in [0.4, 0.5) is 0 Å². The zero-order chi connectivity index (χ0) is 6.24. The molecular formula is C5H13NOS. The molecule has 0 atom stereocenters. The Labute approximate surface area is 55.0 Å². The van der Waals surface area contributed by atoms with Gasteiger partial charge in [-0.2, -0.15) is 0 Å². The van der Waals surface area contributed by atoms with E-state index in [2.05, 4.69) is 5.32 Å². The first-order valence-corrected chi connectivity index (χ1v) is 4.02. The van der Waals surface area contributed by atoms with Gasteiger partial charge in [-0.25, -0.2) is 0 Å². The van der Waals surface area contributed by atoms with Crippen LogP contribution in [0.5, 0.6) is 0 Å². The lowest BCUT2D eigenvalue weighted by molar-refractivity contribution is 0.157. The summed E-state index contributed by atoms with van der Waals surface area (Å²) in [6.45, 7) is 4.73. The highest BCUT2D eigenvalue weighted by Crippen LogP contribution is 1.99. The van der Waals surface area contributed by atoms with Crippen molar-refractivity contribution in [3.63, 3.8) is 0 Å². The molecule has 1 saturated heterocycles. The second-order valence-electron chi connectivity index (χ2n) is 1.06. The standard InChI is InChI=1S/C3H7NOS.C2H6/c1-4-2-6-3-5-1;1-2/h4H,1-3H2;1-2H3. The lowest BCUT2D eigenvalue weighted by atomic mass is 11.0. The second-order valence-corrected chi connectivity index (χ2v) is 2.00. The van der Waals surface area contributed by atoms with E-state index in [4.69, 9.17) is 4.74 Å². The monoisotopic (exact) mass is 135 g/mol. The summed E-state index contributed by atoms with van der Waals surface area (Å²) in [7, 11) is 0. The van der Waals surface area contributed by atoms with Gasteiger partial charge in [0.25, 0.3) is 0 Å². The van der Waals surface area contributed by atoms with Crippen molar-refractivity contribution in [3.8, 4) is 0 Å². The molecule has 0 saturated carbocycles. The molecule has 1 N–H and O–H groups in total. The van der Waals surface area contributed by atoms with Crippen molar-refractivity contribution in [2.75, 3.05) is 18.5 Å². The number of hydrogen-bond donors (Lipinski definition) is 1. The largest absolute Gasteiger partial charge is 0.356 e. The number of thioether (sulfide) groups is 1. The molecule has 0 aromatic heterocycles. The molecule has 0 radical (unpaired) electrons. The molecule has 1 aliphatic heterocycles. The fourth-order valence-electron chi connectivity index (χ4n) is 0.328. The van der Waals surface area contributed by atoms with E-state index >= 15 is 0 Å². The van der Waals surface area contributed by atoms with Gasteiger partial charge in [0.1, 0.15) is 0 Å². The second kappa shape index (κ2) is 7.27. The maximum atomic E-state index is 4.92. The zero-order valence-electron chi connectivity index (χ0n) is 5.44. The molecular weight excluding hydrogens is 122 g/mol. The van der Waals surface area contributed by atoms with Crippen LogP contribution in [0.1, 0.15) is 13.8 Å². The Kier molecular flexibility index (Phi) is 7.52. The van der Waals surface area contributed by atoms with Crippen LogP contribution >= 0.6 is 11.8 Å². The van der Waals surface area contributed by atoms with Crippen LogP contribution in [-0.4, -0.2) is 18.5 Å². The van der Waals surface area contributed by atoms with Crippen LogP contribution in [0, 0.1) is 0 Å². The van der Waals surface area contributed by atoms with E-state index in [1.54, 1.807) is 11.8 Å². The normalized spacial score (nSPS) is 18.8. The molecule has 0 amide bonds. The summed E-state index contributed by atoms with van der Waals surface area (Å²) in [6, 6.07) is 0. The molecule has 0 unspecified atom stereocenters. The number of nitrogens with one attached hydrogen (secondary N) is 1. The zero-order valence-corrected chi connectivity index (χ0v) is 6.25. The van der Waals surface area contributed by atoms with Crippen molar-refractivity contribution in [2.24, 2.45) is 0 Å². The Morgan fingerprint density at radius 1 is 1.50 bits per heavy atom. The van der Waals surface area contributed by atoms with Crippen molar-refractivity contribution in [2.45, 2.75) is 13.8 Å². The van der Waals surface area contributed by atoms with Crippen molar-refractivity contribution >= 4 is 11.8 Å². The quantitative estimate of drug-likeness (QED) is 0.540. The highest BCUT2D eigenvalue weighted by atomic mass is 32.2. The van der Waals surface area contributed by atoms with E-state index < -0.39 is 0 Å². The lowest BCUT2D eigenvalue weighted by Crippen LogP contribution is -2.22. The molecule has 2 nitrogen and oxygen atoms in total. The average Bonchev–Trinajstić information content (AvgIpc) is 1.96. The first-order valence-electron chi connectivity index (χ1n) is 2.86. The smallest absolute Gasteiger partial charge is 0.0983 e. The molecule has 0 spiro atoms. The van der Waals surface area contributed by atoms with Crippen LogP contribution < -0.4 is 5.32 Å². The Morgan fingerprint density at radius 2 is 2.25 bits per heavy atom. The topological polar surface area (TPSA) is 21.3 Å². The Balaban J connectivity index is 0.000000222. The number of ether oxygens (including phenoxy) is 1. The predicted molar refractivity (Wildman–Crippen MR) is 37.8 cm³/mol. The minimum Gasteiger partial charge on any atom is -0.356 e. The summed E-state index contributed by atoms with van der Waals surface area (Å²) >= 11 is 1.76. The van der Waals surface area contributed by atoms with Gasteiger partial charge in [0.05, 0.1) is 12.7 Å². The van der Waals surface area contributed by atoms with Gasteiger partial charge < -0.3 is 4.74 Å². The van der Waals surface area contributed by atoms with E-state index in [1.165, 1.54) is 0 Å². The van der Waals surface area contributed by atoms with Gasteiger partial charge in [-0.3, -0.25) is 5.32 Å². The molecule has 1 fully saturated rings. The minimum absolute atomic E-state index is 0.729. The third-order valence-corrected chi connectivity index (χ3v) is 1.32. The molecule has 3 heteroatoms. The third kappa shape index (κ3) is 4.43. The molecule has 50 valence electrons. The van der Waals surface area contributed by atoms with Crippen LogP contribution in [0.2, 0.25) is 0 Å². The van der Waals surface area contributed by atoms with Crippen molar-refractivity contribution in [1.29, 1.82) is 0 Å². The first-order chi connectivity index (χ1) is 4.00. The van der Waals surface area contributed by atoms with E-state index in [1.807, 2.05) is 13.8 Å². The average molecular weight is 135 g/mol. The van der Waals surface area contributed by atoms with Crippen LogP contribution in [-0.2, 0) is 4.74 Å². The molecule has 8 heavy (non-hydrogen) atoms. The number of hydrogen-bond acceptors (Lipinski definition) is 3. The summed E-state index contributed by atoms with van der Waals surface area (Å²) in [5, 5.41) is 3.03. The molecule has 1 aliphatic rings. The van der Waals surface area contributed by atoms with Crippen molar-refractivity contribution in [1.82, 2.24) is 5.32 Å². The maximum Gasteiger partial charge on any atom is 0.0983 e. The summed E-state index contributed by atoms with van der Waals surface area (Å²) in [5.41, 5.74) is 0. The van der Waals surface area contributed by atoms with Gasteiger partial charge in [0.15, 0.2) is 0 Å².